The molecule has 1 saturated heterocycles. The lowest BCUT2D eigenvalue weighted by molar-refractivity contribution is 0.00578. The number of aryl methyl sites for hydroxylation is 6. The van der Waals surface area contributed by atoms with Gasteiger partial charge in [-0.3, -0.25) is 34.7 Å². The number of nitrogen functional groups attached to an aromatic ring is 2. The second kappa shape index (κ2) is 39.8. The van der Waals surface area contributed by atoms with Crippen LogP contribution in [0.3, 0.4) is 0 Å². The molecular formula is C86H84B2Br2IN9O7. The van der Waals surface area contributed by atoms with Gasteiger partial charge in [-0.15, -0.1) is 0 Å². The Morgan fingerprint density at radius 1 is 0.430 bits per heavy atom. The summed E-state index contributed by atoms with van der Waals surface area (Å²) in [5.74, 6) is -1.03. The van der Waals surface area contributed by atoms with Gasteiger partial charge in [0.2, 0.25) is 0 Å². The molecule has 0 radical (unpaired) electrons. The van der Waals surface area contributed by atoms with E-state index >= 15 is 0 Å². The number of nitrogens with one attached hydrogen (secondary N) is 1. The number of anilines is 3. The fourth-order valence-corrected chi connectivity index (χ4v) is 12.0. The van der Waals surface area contributed by atoms with E-state index in [4.69, 9.17) is 35.9 Å². The molecule has 14 rings (SSSR count). The maximum atomic E-state index is 12.5. The van der Waals surface area contributed by atoms with E-state index in [1.54, 1.807) is 62.3 Å². The van der Waals surface area contributed by atoms with Crippen LogP contribution in [0.25, 0.3) is 55.6 Å². The highest BCUT2D eigenvalue weighted by Crippen LogP contribution is 2.37. The number of aromatic nitrogens is 6. The highest BCUT2D eigenvalue weighted by Gasteiger charge is 2.51. The lowest BCUT2D eigenvalue weighted by atomic mass is 9.79. The molecule has 1 aliphatic heterocycles. The minimum absolute atomic E-state index is 0.132. The molecule has 6 aromatic heterocycles. The van der Waals surface area contributed by atoms with Crippen LogP contribution in [0.15, 0.2) is 290 Å². The molecule has 1 amide bonds. The Morgan fingerprint density at radius 3 is 1.19 bits per heavy atom. The molecule has 7 aromatic carbocycles. The van der Waals surface area contributed by atoms with Crippen LogP contribution >= 0.6 is 54.5 Å². The zero-order valence-electron chi connectivity index (χ0n) is 61.2. The van der Waals surface area contributed by atoms with Crippen molar-refractivity contribution in [3.63, 3.8) is 0 Å². The second-order valence-electron chi connectivity index (χ2n) is 25.9. The van der Waals surface area contributed by atoms with Gasteiger partial charge in [0.05, 0.1) is 16.8 Å². The number of carbonyl (C=O) groups is 2. The van der Waals surface area contributed by atoms with Crippen molar-refractivity contribution in [2.24, 2.45) is 0 Å². The highest BCUT2D eigenvalue weighted by atomic mass is 127. The van der Waals surface area contributed by atoms with Crippen molar-refractivity contribution in [2.75, 3.05) is 16.8 Å². The summed E-state index contributed by atoms with van der Waals surface area (Å²) < 4.78 is 15.4. The Bertz CT molecular complexity index is 5010. The van der Waals surface area contributed by atoms with Crippen molar-refractivity contribution in [3.05, 3.63) is 338 Å². The fraction of sp³-hybridized carbons (Fsp3) is 0.140. The minimum Gasteiger partial charge on any atom is -0.478 e. The fourth-order valence-electron chi connectivity index (χ4n) is 10.4. The first-order chi connectivity index (χ1) is 51.2. The van der Waals surface area contributed by atoms with Crippen molar-refractivity contribution < 1.29 is 34.1 Å². The predicted octanol–water partition coefficient (Wildman–Crippen LogP) is 18.6. The maximum absolute atomic E-state index is 12.5. The number of hydrogen-bond acceptors (Lipinski definition) is 14. The van der Waals surface area contributed by atoms with E-state index in [9.17, 15) is 9.59 Å². The molecule has 7 heterocycles. The number of pyridine rings is 6. The SMILES string of the molecule is CC1(C)OB(c2ccc(N)cc2)OC1(C)C.Cc1ccc(-c2cccnc2)cc1-c1ccc(N)cc1.Cc1ccc(-c2cccnc2)cc1Br.Cc1ccc(I)cc1Br.Cc1cnccc1C(=O)Nc1ccc(-c2cc(-c3cccnc3)ccc2C)cc1.Cc1cnccc1C(=O)O.OB(O)c1cccnc1. The summed E-state index contributed by atoms with van der Waals surface area (Å²) >= 11 is 9.26. The zero-order chi connectivity index (χ0) is 77.2. The summed E-state index contributed by atoms with van der Waals surface area (Å²) in [6.07, 6.45) is 20.3. The monoisotopic (exact) mass is 1660 g/mol. The molecule has 1 aliphatic rings. The second-order valence-corrected chi connectivity index (χ2v) is 28.9. The average molecular weight is 1660 g/mol. The van der Waals surface area contributed by atoms with E-state index in [1.807, 2.05) is 132 Å². The van der Waals surface area contributed by atoms with Crippen LogP contribution in [0.2, 0.25) is 0 Å². The molecule has 13 aromatic rings. The summed E-state index contributed by atoms with van der Waals surface area (Å²) in [5, 5.41) is 28.6. The summed E-state index contributed by atoms with van der Waals surface area (Å²) in [4.78, 5) is 46.9. The number of hydrogen-bond donors (Lipinski definition) is 6. The summed E-state index contributed by atoms with van der Waals surface area (Å²) in [6, 6.07) is 67.6. The molecule has 16 nitrogen and oxygen atoms in total. The third-order valence-electron chi connectivity index (χ3n) is 17.4. The van der Waals surface area contributed by atoms with Gasteiger partial charge in [0.1, 0.15) is 0 Å². The molecule has 542 valence electrons. The molecule has 0 aliphatic carbocycles. The number of aromatic carboxylic acids is 1. The molecule has 0 saturated carbocycles. The standard InChI is InChI=1S/C25H21N3O.C18H16N2.C12H18BNO2.C12H10BrN.C7H6BrI.C7H7NO2.C5H6BNO2/c1-17-5-6-20(21-4-3-12-26-16-21)14-24(17)19-7-9-22(10-8-19)28-25(29)23-11-13-27-15-18(23)2;1-13-4-5-15(16-3-2-10-20-12-16)11-18(13)14-6-8-17(19)9-7-14;1-11(2)12(3,4)16-13(15-11)9-5-7-10(14)8-6-9;1-9-4-5-10(7-12(9)13)11-3-2-6-14-8-11;1-5-2-3-6(9)4-7(5)8;1-5-4-8-3-2-6(5)7(9)10;8-6(9)5-2-1-3-7-4-5/h3-16H,1-2H3,(H,28,29);2-12H,19H2,1H3;5-8H,14H2,1-4H3;2-8H,1H3;2-4H,1H3;2-4H,1H3,(H,9,10);1-4,8-9H. The molecule has 21 heteroatoms. The van der Waals surface area contributed by atoms with Crippen LogP contribution in [0.4, 0.5) is 17.1 Å². The third kappa shape index (κ3) is 24.6. The number of nitrogens with zero attached hydrogens (tertiary/aromatic N) is 6. The molecule has 0 unspecified atom stereocenters. The first-order valence-corrected chi connectivity index (χ1v) is 36.7. The number of halogens is 3. The van der Waals surface area contributed by atoms with Crippen LogP contribution in [0.5, 0.6) is 0 Å². The number of amides is 1. The normalized spacial score (nSPS) is 11.9. The van der Waals surface area contributed by atoms with Crippen LogP contribution in [-0.4, -0.2) is 82.4 Å². The summed E-state index contributed by atoms with van der Waals surface area (Å²) in [7, 11) is -1.70. The molecule has 0 bridgehead atoms. The Balaban J connectivity index is 0.000000164. The van der Waals surface area contributed by atoms with Crippen molar-refractivity contribution in [1.82, 2.24) is 29.9 Å². The Hall–Kier alpha value is -10.4. The zero-order valence-corrected chi connectivity index (χ0v) is 66.5. The number of carboxylic acids is 1. The Labute approximate surface area is 658 Å². The molecule has 0 atom stereocenters. The van der Waals surface area contributed by atoms with E-state index < -0.39 is 13.1 Å². The van der Waals surface area contributed by atoms with Crippen molar-refractivity contribution in [3.8, 4) is 55.6 Å². The first-order valence-electron chi connectivity index (χ1n) is 34.1. The van der Waals surface area contributed by atoms with E-state index in [1.165, 1.54) is 77.2 Å². The van der Waals surface area contributed by atoms with Gasteiger partial charge >= 0.3 is 20.2 Å². The van der Waals surface area contributed by atoms with Gasteiger partial charge < -0.3 is 41.2 Å². The quantitative estimate of drug-likeness (QED) is 0.0423. The maximum Gasteiger partial charge on any atom is 0.494 e. The number of benzene rings is 7. The van der Waals surface area contributed by atoms with E-state index in [0.717, 1.165) is 65.9 Å². The van der Waals surface area contributed by atoms with Crippen LogP contribution in [0.1, 0.15) is 81.8 Å². The van der Waals surface area contributed by atoms with Crippen molar-refractivity contribution in [1.29, 1.82) is 0 Å². The van der Waals surface area contributed by atoms with Gasteiger partial charge in [0, 0.05) is 132 Å². The molecular weight excluding hydrogens is 1580 g/mol. The number of nitrogens with two attached hydrogens (primary N) is 2. The number of carboxylic acid groups (broad SMARTS) is 1. The van der Waals surface area contributed by atoms with E-state index in [0.29, 0.717) is 22.2 Å². The summed E-state index contributed by atoms with van der Waals surface area (Å²) in [6.45, 7) is 20.2. The molecule has 1 fully saturated rings. The largest absolute Gasteiger partial charge is 0.494 e. The van der Waals surface area contributed by atoms with Gasteiger partial charge in [0.25, 0.3) is 5.91 Å². The van der Waals surface area contributed by atoms with Gasteiger partial charge in [0.15, 0.2) is 0 Å². The van der Waals surface area contributed by atoms with Crippen molar-refractivity contribution >= 4 is 109 Å². The van der Waals surface area contributed by atoms with Crippen LogP contribution in [0, 0.1) is 45.1 Å². The average Bonchev–Trinajstić information content (AvgIpc) is 1.66. The molecule has 8 N–H and O–H groups in total. The molecule has 107 heavy (non-hydrogen) atoms. The van der Waals surface area contributed by atoms with Gasteiger partial charge in [-0.2, -0.15) is 0 Å². The first kappa shape index (κ1) is 82.3. The van der Waals surface area contributed by atoms with Gasteiger partial charge in [-0.05, 0) is 273 Å². The predicted molar refractivity (Wildman–Crippen MR) is 451 cm³/mol. The van der Waals surface area contributed by atoms with Crippen molar-refractivity contribution in [2.45, 2.75) is 80.4 Å². The van der Waals surface area contributed by atoms with Crippen LogP contribution in [-0.2, 0) is 9.31 Å². The van der Waals surface area contributed by atoms with E-state index in [-0.39, 0.29) is 24.2 Å². The lowest BCUT2D eigenvalue weighted by Gasteiger charge is -2.32. The summed E-state index contributed by atoms with van der Waals surface area (Å²) in [5.41, 5.74) is 33.5. The number of carbonyl (C=O) groups excluding carboxylic acids is 1. The topological polar surface area (TPSA) is 255 Å². The van der Waals surface area contributed by atoms with Gasteiger partial charge in [-0.1, -0.05) is 135 Å². The Morgan fingerprint density at radius 2 is 0.813 bits per heavy atom. The van der Waals surface area contributed by atoms with E-state index in [2.05, 4.69) is 220 Å². The molecule has 0 spiro atoms. The smallest absolute Gasteiger partial charge is 0.478 e. The minimum atomic E-state index is -1.40. The van der Waals surface area contributed by atoms with Gasteiger partial charge in [-0.25, -0.2) is 4.79 Å². The number of rotatable bonds is 10. The Kier molecular flexibility index (Phi) is 30.6. The highest BCUT2D eigenvalue weighted by molar-refractivity contribution is 14.1. The lowest BCUT2D eigenvalue weighted by Crippen LogP contribution is -2.41. The van der Waals surface area contributed by atoms with Crippen LogP contribution < -0.4 is 27.7 Å². The third-order valence-corrected chi connectivity index (χ3v) is 19.8.